The summed E-state index contributed by atoms with van der Waals surface area (Å²) in [5.74, 6) is 0. The van der Waals surface area contributed by atoms with E-state index in [1.165, 1.54) is 0 Å². The maximum atomic E-state index is 9.16. The van der Waals surface area contributed by atoms with E-state index in [9.17, 15) is 0 Å². The second-order valence-corrected chi connectivity index (χ2v) is 6.31. The lowest BCUT2D eigenvalue weighted by Gasteiger charge is -2.04. The minimum atomic E-state index is -0.0457. The monoisotopic (exact) mass is 396 g/mol. The zero-order valence-electron chi connectivity index (χ0n) is 15.3. The number of aliphatic hydroxyl groups is 2. The lowest BCUT2D eigenvalue weighted by Crippen LogP contribution is -2.00. The van der Waals surface area contributed by atoms with Crippen LogP contribution in [0.5, 0.6) is 0 Å². The molecule has 0 bridgehead atoms. The molecule has 2 N–H and O–H groups in total. The van der Waals surface area contributed by atoms with E-state index < -0.39 is 0 Å². The van der Waals surface area contributed by atoms with E-state index in [0.717, 1.165) is 24.0 Å². The van der Waals surface area contributed by atoms with Crippen LogP contribution in [0, 0.1) is 0 Å². The van der Waals surface area contributed by atoms with Gasteiger partial charge >= 0.3 is 0 Å². The van der Waals surface area contributed by atoms with Crippen molar-refractivity contribution in [2.24, 2.45) is 0 Å². The second kappa shape index (κ2) is 13.6. The molecule has 0 amide bonds. The van der Waals surface area contributed by atoms with Crippen LogP contribution in [0.15, 0.2) is 91.0 Å². The second-order valence-electron chi connectivity index (χ2n) is 5.54. The third-order valence-corrected chi connectivity index (χ3v) is 3.91. The molecule has 0 atom stereocenters. The highest BCUT2D eigenvalue weighted by atomic mass is 32.1. The highest BCUT2D eigenvalue weighted by Crippen LogP contribution is 2.11. The first-order valence-corrected chi connectivity index (χ1v) is 9.47. The van der Waals surface area contributed by atoms with Crippen LogP contribution in [0.3, 0.4) is 0 Å². The SMILES string of the molecule is CCCc1ccccc1C(O)=S.OC(=S)c1ccccc1.c1ccccc1. The molecule has 0 heterocycles. The topological polar surface area (TPSA) is 40.5 Å². The lowest BCUT2D eigenvalue weighted by molar-refractivity contribution is 0.569. The first kappa shape index (κ1) is 22.5. The highest BCUT2D eigenvalue weighted by Gasteiger charge is 2.03. The van der Waals surface area contributed by atoms with Gasteiger partial charge in [0.1, 0.15) is 0 Å². The molecule has 0 unspecified atom stereocenters. The quantitative estimate of drug-likeness (QED) is 0.495. The predicted molar refractivity (Wildman–Crippen MR) is 122 cm³/mol. The van der Waals surface area contributed by atoms with E-state index in [4.69, 9.17) is 22.4 Å². The first-order chi connectivity index (χ1) is 13.1. The summed E-state index contributed by atoms with van der Waals surface area (Å²) in [7, 11) is 0. The van der Waals surface area contributed by atoms with Gasteiger partial charge in [-0.3, -0.25) is 0 Å². The van der Waals surface area contributed by atoms with Crippen LogP contribution in [0.25, 0.3) is 0 Å². The Labute approximate surface area is 172 Å². The molecule has 0 spiro atoms. The van der Waals surface area contributed by atoms with Gasteiger partial charge in [0.05, 0.1) is 0 Å². The van der Waals surface area contributed by atoms with Gasteiger partial charge in [-0.2, -0.15) is 0 Å². The summed E-state index contributed by atoms with van der Waals surface area (Å²) in [6.45, 7) is 2.11. The molecule has 0 saturated heterocycles. The molecule has 0 aliphatic heterocycles. The summed E-state index contributed by atoms with van der Waals surface area (Å²) < 4.78 is 0. The summed E-state index contributed by atoms with van der Waals surface area (Å²) in [5, 5.41) is 17.9. The Bertz CT molecular complexity index is 776. The lowest BCUT2D eigenvalue weighted by atomic mass is 10.0. The number of benzene rings is 3. The first-order valence-electron chi connectivity index (χ1n) is 8.65. The zero-order chi connectivity index (χ0) is 19.9. The van der Waals surface area contributed by atoms with E-state index in [1.807, 2.05) is 78.9 Å². The highest BCUT2D eigenvalue weighted by molar-refractivity contribution is 7.80. The van der Waals surface area contributed by atoms with Crippen molar-refractivity contribution in [3.05, 3.63) is 108 Å². The summed E-state index contributed by atoms with van der Waals surface area (Å²) >= 11 is 9.24. The predicted octanol–water partition coefficient (Wildman–Crippen LogP) is 6.48. The average molecular weight is 397 g/mol. The Morgan fingerprint density at radius 3 is 1.52 bits per heavy atom. The number of thiocarbonyl (C=S) groups is 2. The van der Waals surface area contributed by atoms with Gasteiger partial charge in [-0.1, -0.05) is 104 Å². The Balaban J connectivity index is 0.000000214. The minimum absolute atomic E-state index is 0.000880. The van der Waals surface area contributed by atoms with E-state index in [2.05, 4.69) is 19.1 Å². The number of hydrogen-bond donors (Lipinski definition) is 2. The molecule has 0 saturated carbocycles. The molecule has 0 aromatic heterocycles. The molecule has 140 valence electrons. The van der Waals surface area contributed by atoms with Gasteiger partial charge in [0.2, 0.25) is 0 Å². The number of aliphatic hydroxyl groups excluding tert-OH is 2. The number of rotatable bonds is 4. The Hall–Kier alpha value is -2.56. The van der Waals surface area contributed by atoms with Gasteiger partial charge in [0, 0.05) is 11.1 Å². The van der Waals surface area contributed by atoms with E-state index in [-0.39, 0.29) is 10.1 Å². The summed E-state index contributed by atoms with van der Waals surface area (Å²) in [4.78, 5) is 0. The minimum Gasteiger partial charge on any atom is -0.499 e. The summed E-state index contributed by atoms with van der Waals surface area (Å²) in [5.41, 5.74) is 2.63. The van der Waals surface area contributed by atoms with Crippen LogP contribution in [0.4, 0.5) is 0 Å². The van der Waals surface area contributed by atoms with Crippen molar-refractivity contribution in [1.29, 1.82) is 0 Å². The fourth-order valence-corrected chi connectivity index (χ4v) is 2.52. The Morgan fingerprint density at radius 2 is 1.11 bits per heavy atom. The molecule has 0 aliphatic carbocycles. The largest absolute Gasteiger partial charge is 0.499 e. The van der Waals surface area contributed by atoms with Crippen molar-refractivity contribution in [1.82, 2.24) is 0 Å². The van der Waals surface area contributed by atoms with Crippen LogP contribution < -0.4 is 0 Å². The van der Waals surface area contributed by atoms with Crippen LogP contribution in [0.1, 0.15) is 30.0 Å². The van der Waals surface area contributed by atoms with Crippen LogP contribution in [-0.2, 0) is 6.42 Å². The molecular weight excluding hydrogens is 372 g/mol. The van der Waals surface area contributed by atoms with Crippen molar-refractivity contribution >= 4 is 34.5 Å². The average Bonchev–Trinajstić information content (AvgIpc) is 2.71. The number of hydrogen-bond acceptors (Lipinski definition) is 2. The van der Waals surface area contributed by atoms with Gasteiger partial charge in [-0.05, 0) is 36.4 Å². The van der Waals surface area contributed by atoms with Gasteiger partial charge in [-0.15, -0.1) is 0 Å². The van der Waals surface area contributed by atoms with Gasteiger partial charge < -0.3 is 10.2 Å². The summed E-state index contributed by atoms with van der Waals surface area (Å²) in [6, 6.07) is 28.8. The number of aryl methyl sites for hydroxylation is 1. The van der Waals surface area contributed by atoms with Crippen molar-refractivity contribution in [2.45, 2.75) is 19.8 Å². The molecule has 0 fully saturated rings. The third-order valence-electron chi connectivity index (χ3n) is 3.45. The fraction of sp³-hybridized carbons (Fsp3) is 0.130. The maximum absolute atomic E-state index is 9.16. The molecule has 2 nitrogen and oxygen atoms in total. The van der Waals surface area contributed by atoms with Crippen molar-refractivity contribution in [2.75, 3.05) is 0 Å². The Morgan fingerprint density at radius 1 is 0.667 bits per heavy atom. The van der Waals surface area contributed by atoms with Crippen molar-refractivity contribution < 1.29 is 10.2 Å². The normalized spacial score (nSPS) is 9.07. The summed E-state index contributed by atoms with van der Waals surface area (Å²) in [6.07, 6.45) is 2.04. The fourth-order valence-electron chi connectivity index (χ4n) is 2.18. The molecule has 3 rings (SSSR count). The van der Waals surface area contributed by atoms with E-state index >= 15 is 0 Å². The van der Waals surface area contributed by atoms with E-state index in [0.29, 0.717) is 5.56 Å². The zero-order valence-corrected chi connectivity index (χ0v) is 16.9. The van der Waals surface area contributed by atoms with Gasteiger partial charge in [0.15, 0.2) is 10.1 Å². The van der Waals surface area contributed by atoms with E-state index in [1.54, 1.807) is 12.1 Å². The molecule has 4 heteroatoms. The Kier molecular flexibility index (Phi) is 11.3. The van der Waals surface area contributed by atoms with Gasteiger partial charge in [-0.25, -0.2) is 0 Å². The third kappa shape index (κ3) is 9.64. The van der Waals surface area contributed by atoms with Crippen molar-refractivity contribution in [3.63, 3.8) is 0 Å². The molecule has 0 aliphatic rings. The molecule has 3 aromatic carbocycles. The molecule has 0 radical (unpaired) electrons. The van der Waals surface area contributed by atoms with Crippen LogP contribution in [-0.4, -0.2) is 20.3 Å². The van der Waals surface area contributed by atoms with Crippen molar-refractivity contribution in [3.8, 4) is 0 Å². The molecule has 3 aromatic rings. The maximum Gasteiger partial charge on any atom is 0.188 e. The molecule has 27 heavy (non-hydrogen) atoms. The molecular formula is C23H24O2S2. The standard InChI is InChI=1S/C10H12OS.C7H6OS.C6H6/c1-2-5-8-6-3-4-7-9(8)10(11)12;8-7(9)6-4-2-1-3-5-6;1-2-4-6-5-3-1/h3-4,6-7H,2,5H2,1H3,(H,11,12);1-5H,(H,8,9);1-6H. The van der Waals surface area contributed by atoms with Gasteiger partial charge in [0.25, 0.3) is 0 Å². The smallest absolute Gasteiger partial charge is 0.188 e. The van der Waals surface area contributed by atoms with Crippen LogP contribution >= 0.6 is 24.4 Å². The van der Waals surface area contributed by atoms with Crippen LogP contribution in [0.2, 0.25) is 0 Å².